The summed E-state index contributed by atoms with van der Waals surface area (Å²) in [5, 5.41) is 0.641. The molecule has 5 heteroatoms. The molecule has 1 fully saturated rings. The van der Waals surface area contributed by atoms with Gasteiger partial charge < -0.3 is 0 Å². The number of aryl methyl sites for hydroxylation is 1. The van der Waals surface area contributed by atoms with Crippen LogP contribution in [0.2, 0.25) is 0 Å². The first-order valence-electron chi connectivity index (χ1n) is 6.87. The quantitative estimate of drug-likeness (QED) is 0.796. The molecule has 110 valence electrons. The van der Waals surface area contributed by atoms with Crippen molar-refractivity contribution in [2.45, 2.75) is 6.92 Å². The van der Waals surface area contributed by atoms with E-state index in [0.29, 0.717) is 15.9 Å². The van der Waals surface area contributed by atoms with Crippen LogP contribution in [0.25, 0.3) is 6.08 Å². The number of aromatic nitrogens is 1. The van der Waals surface area contributed by atoms with Crippen LogP contribution >= 0.6 is 11.8 Å². The van der Waals surface area contributed by atoms with Gasteiger partial charge in [0.1, 0.15) is 0 Å². The third-order valence-electron chi connectivity index (χ3n) is 3.24. The molecule has 3 rings (SSSR count). The van der Waals surface area contributed by atoms with Crippen LogP contribution in [0.4, 0.5) is 5.82 Å². The molecule has 2 aromatic rings. The van der Waals surface area contributed by atoms with Crippen molar-refractivity contribution in [3.05, 3.63) is 64.7 Å². The van der Waals surface area contributed by atoms with Crippen LogP contribution in [0.1, 0.15) is 11.1 Å². The lowest BCUT2D eigenvalue weighted by atomic mass is 10.1. The van der Waals surface area contributed by atoms with Gasteiger partial charge in [-0.15, -0.1) is 0 Å². The van der Waals surface area contributed by atoms with Gasteiger partial charge in [-0.25, -0.2) is 9.98 Å². The Morgan fingerprint density at radius 3 is 2.64 bits per heavy atom. The number of benzene rings is 1. The maximum Gasteiger partial charge on any atom is 0.266 e. The molecule has 22 heavy (non-hydrogen) atoms. The maximum atomic E-state index is 12.3. The summed E-state index contributed by atoms with van der Waals surface area (Å²) in [5.41, 5.74) is 2.20. The van der Waals surface area contributed by atoms with Gasteiger partial charge in [-0.3, -0.25) is 9.69 Å². The molecule has 1 amide bonds. The summed E-state index contributed by atoms with van der Waals surface area (Å²) in [4.78, 5) is 23.1. The number of hydrogen-bond acceptors (Lipinski definition) is 4. The third-order valence-corrected chi connectivity index (χ3v) is 4.30. The normalized spacial score (nSPS) is 18.5. The van der Waals surface area contributed by atoms with E-state index in [-0.39, 0.29) is 5.91 Å². The van der Waals surface area contributed by atoms with Gasteiger partial charge >= 0.3 is 0 Å². The van der Waals surface area contributed by atoms with Crippen molar-refractivity contribution in [1.82, 2.24) is 9.88 Å². The molecule has 0 bridgehead atoms. The van der Waals surface area contributed by atoms with Crippen LogP contribution in [0.5, 0.6) is 0 Å². The monoisotopic (exact) mass is 309 g/mol. The minimum atomic E-state index is -0.0414. The van der Waals surface area contributed by atoms with Gasteiger partial charge in [0, 0.05) is 13.2 Å². The number of nitrogens with zero attached hydrogens (tertiary/aromatic N) is 3. The molecule has 0 N–H and O–H groups in total. The first-order chi connectivity index (χ1) is 10.6. The molecular weight excluding hydrogens is 294 g/mol. The average molecular weight is 309 g/mol. The van der Waals surface area contributed by atoms with Crippen LogP contribution in [-0.4, -0.2) is 28.0 Å². The predicted molar refractivity (Wildman–Crippen MR) is 90.8 cm³/mol. The van der Waals surface area contributed by atoms with Crippen molar-refractivity contribution in [3.63, 3.8) is 0 Å². The van der Waals surface area contributed by atoms with E-state index in [4.69, 9.17) is 0 Å². The summed E-state index contributed by atoms with van der Waals surface area (Å²) in [6, 6.07) is 13.6. The zero-order valence-electron chi connectivity index (χ0n) is 12.4. The number of carbonyl (C=O) groups excluding carboxylic acids is 1. The summed E-state index contributed by atoms with van der Waals surface area (Å²) in [6.07, 6.45) is 3.58. The second-order valence-electron chi connectivity index (χ2n) is 4.97. The van der Waals surface area contributed by atoms with E-state index in [1.165, 1.54) is 17.3 Å². The molecule has 4 nitrogen and oxygen atoms in total. The van der Waals surface area contributed by atoms with Gasteiger partial charge in [0.15, 0.2) is 11.0 Å². The highest BCUT2D eigenvalue weighted by Gasteiger charge is 2.30. The van der Waals surface area contributed by atoms with E-state index in [9.17, 15) is 4.79 Å². The SMILES string of the molecule is Cc1ccc(/C=C2\S/C(=N/c3ccccn3)N(C)C2=O)cc1. The van der Waals surface area contributed by atoms with E-state index in [2.05, 4.69) is 9.98 Å². The van der Waals surface area contributed by atoms with Gasteiger partial charge in [-0.05, 0) is 42.5 Å². The number of hydrogen-bond donors (Lipinski definition) is 0. The van der Waals surface area contributed by atoms with Gasteiger partial charge in [-0.1, -0.05) is 35.9 Å². The van der Waals surface area contributed by atoms with E-state index in [0.717, 1.165) is 5.56 Å². The molecule has 1 aliphatic heterocycles. The Kier molecular flexibility index (Phi) is 4.06. The average Bonchev–Trinajstić information content (AvgIpc) is 2.79. The standard InChI is InChI=1S/C17H15N3OS/c1-12-6-8-13(9-7-12)11-14-16(21)20(2)17(22-14)19-15-5-3-4-10-18-15/h3-11H,1-2H3/b14-11-,19-17+. The number of thioether (sulfide) groups is 1. The van der Waals surface area contributed by atoms with Crippen molar-refractivity contribution in [1.29, 1.82) is 0 Å². The molecule has 1 saturated heterocycles. The molecule has 0 spiro atoms. The zero-order valence-corrected chi connectivity index (χ0v) is 13.2. The third kappa shape index (κ3) is 3.09. The largest absolute Gasteiger partial charge is 0.289 e. The van der Waals surface area contributed by atoms with E-state index < -0.39 is 0 Å². The fraction of sp³-hybridized carbons (Fsp3) is 0.118. The lowest BCUT2D eigenvalue weighted by Crippen LogP contribution is -2.23. The Morgan fingerprint density at radius 2 is 1.95 bits per heavy atom. The van der Waals surface area contributed by atoms with Crippen molar-refractivity contribution in [3.8, 4) is 0 Å². The second-order valence-corrected chi connectivity index (χ2v) is 5.98. The minimum absolute atomic E-state index is 0.0414. The molecule has 0 unspecified atom stereocenters. The number of amides is 1. The summed E-state index contributed by atoms with van der Waals surface area (Å²) in [5.74, 6) is 0.557. The van der Waals surface area contributed by atoms with Crippen LogP contribution < -0.4 is 0 Å². The molecule has 1 aromatic carbocycles. The number of likely N-dealkylation sites (N-methyl/N-ethyl adjacent to an activating group) is 1. The summed E-state index contributed by atoms with van der Waals surface area (Å²) >= 11 is 1.37. The Hall–Kier alpha value is -2.40. The molecule has 0 atom stereocenters. The Bertz CT molecular complexity index is 751. The van der Waals surface area contributed by atoms with Crippen molar-refractivity contribution in [2.24, 2.45) is 4.99 Å². The van der Waals surface area contributed by atoms with Gasteiger partial charge in [-0.2, -0.15) is 0 Å². The molecule has 0 radical (unpaired) electrons. The fourth-order valence-electron chi connectivity index (χ4n) is 1.98. The lowest BCUT2D eigenvalue weighted by Gasteiger charge is -2.06. The minimum Gasteiger partial charge on any atom is -0.289 e. The smallest absolute Gasteiger partial charge is 0.266 e. The van der Waals surface area contributed by atoms with Gasteiger partial charge in [0.25, 0.3) is 5.91 Å². The van der Waals surface area contributed by atoms with Gasteiger partial charge in [0.2, 0.25) is 0 Å². The first kappa shape index (κ1) is 14.5. The highest BCUT2D eigenvalue weighted by atomic mass is 32.2. The summed E-state index contributed by atoms with van der Waals surface area (Å²) in [7, 11) is 1.73. The molecular formula is C17H15N3OS. The highest BCUT2D eigenvalue weighted by molar-refractivity contribution is 8.18. The number of pyridine rings is 1. The molecule has 1 aliphatic rings. The van der Waals surface area contributed by atoms with E-state index >= 15 is 0 Å². The predicted octanol–water partition coefficient (Wildman–Crippen LogP) is 3.62. The Morgan fingerprint density at radius 1 is 1.18 bits per heavy atom. The van der Waals surface area contributed by atoms with Crippen LogP contribution in [0.15, 0.2) is 58.6 Å². The lowest BCUT2D eigenvalue weighted by molar-refractivity contribution is -0.121. The van der Waals surface area contributed by atoms with Crippen molar-refractivity contribution < 1.29 is 4.79 Å². The van der Waals surface area contributed by atoms with Gasteiger partial charge in [0.05, 0.1) is 4.91 Å². The topological polar surface area (TPSA) is 45.6 Å². The molecule has 0 aliphatic carbocycles. The number of rotatable bonds is 2. The highest BCUT2D eigenvalue weighted by Crippen LogP contribution is 2.32. The van der Waals surface area contributed by atoms with Crippen LogP contribution in [0.3, 0.4) is 0 Å². The fourth-order valence-corrected chi connectivity index (χ4v) is 2.96. The Balaban J connectivity index is 1.88. The molecule has 1 aromatic heterocycles. The number of amidine groups is 1. The van der Waals surface area contributed by atoms with Crippen molar-refractivity contribution >= 4 is 34.7 Å². The number of aliphatic imine (C=N–C) groups is 1. The maximum absolute atomic E-state index is 12.3. The van der Waals surface area contributed by atoms with Crippen LogP contribution in [0, 0.1) is 6.92 Å². The molecule has 2 heterocycles. The zero-order chi connectivity index (χ0) is 15.5. The Labute approximate surface area is 133 Å². The second kappa shape index (κ2) is 6.15. The van der Waals surface area contributed by atoms with E-state index in [1.807, 2.05) is 55.5 Å². The van der Waals surface area contributed by atoms with Crippen LogP contribution in [-0.2, 0) is 4.79 Å². The first-order valence-corrected chi connectivity index (χ1v) is 7.69. The summed E-state index contributed by atoms with van der Waals surface area (Å²) in [6.45, 7) is 2.04. The number of carbonyl (C=O) groups is 1. The molecule has 0 saturated carbocycles. The summed E-state index contributed by atoms with van der Waals surface area (Å²) < 4.78 is 0. The van der Waals surface area contributed by atoms with E-state index in [1.54, 1.807) is 18.1 Å². The van der Waals surface area contributed by atoms with Crippen molar-refractivity contribution in [2.75, 3.05) is 7.05 Å².